The Hall–Kier alpha value is -1.85. The molecular weight excluding hydrogens is 328 g/mol. The van der Waals surface area contributed by atoms with E-state index in [0.717, 1.165) is 62.1 Å². The predicted molar refractivity (Wildman–Crippen MR) is 98.7 cm³/mol. The van der Waals surface area contributed by atoms with Crippen molar-refractivity contribution in [2.24, 2.45) is 11.8 Å². The SMILES string of the molecule is CCC[C@H]1[C@H]2C[C@H](CN(C(=O)c3c(C)n[nH]c3C)C2)[C@@H]2CCCC(=O)N21. The van der Waals surface area contributed by atoms with Gasteiger partial charge in [-0.25, -0.2) is 0 Å². The number of likely N-dealkylation sites (tertiary alicyclic amines) is 1. The summed E-state index contributed by atoms with van der Waals surface area (Å²) in [7, 11) is 0. The fraction of sp³-hybridized carbons (Fsp3) is 0.750. The van der Waals surface area contributed by atoms with Crippen molar-refractivity contribution >= 4 is 11.8 Å². The number of aryl methyl sites for hydroxylation is 2. The number of amides is 2. The van der Waals surface area contributed by atoms with E-state index in [4.69, 9.17) is 0 Å². The number of rotatable bonds is 3. The minimum absolute atomic E-state index is 0.106. The second kappa shape index (κ2) is 6.71. The van der Waals surface area contributed by atoms with Gasteiger partial charge in [-0.2, -0.15) is 5.10 Å². The first-order valence-corrected chi connectivity index (χ1v) is 10.1. The average Bonchev–Trinajstić information content (AvgIpc) is 2.96. The molecular formula is C20H30N4O2. The molecule has 3 saturated heterocycles. The molecule has 4 rings (SSSR count). The fourth-order valence-corrected chi connectivity index (χ4v) is 5.63. The Kier molecular flexibility index (Phi) is 4.53. The molecule has 0 aromatic carbocycles. The summed E-state index contributed by atoms with van der Waals surface area (Å²) in [6, 6.07) is 0.627. The van der Waals surface area contributed by atoms with Gasteiger partial charge in [0.25, 0.3) is 5.91 Å². The standard InChI is InChI=1S/C20H30N4O2/c1-4-6-16-14-9-15(17-7-5-8-18(25)24(16)17)11-23(10-14)20(26)19-12(2)21-22-13(19)3/h14-17H,4-11H2,1-3H3,(H,21,22)/t14-,15+,16-,17-/m0/s1. The first-order chi connectivity index (χ1) is 12.5. The second-order valence-electron chi connectivity index (χ2n) is 8.39. The Morgan fingerprint density at radius 3 is 2.73 bits per heavy atom. The Morgan fingerprint density at radius 1 is 1.27 bits per heavy atom. The zero-order valence-corrected chi connectivity index (χ0v) is 16.1. The van der Waals surface area contributed by atoms with Gasteiger partial charge >= 0.3 is 0 Å². The molecule has 6 nitrogen and oxygen atoms in total. The van der Waals surface area contributed by atoms with Crippen molar-refractivity contribution < 1.29 is 9.59 Å². The maximum atomic E-state index is 13.2. The average molecular weight is 358 g/mol. The van der Waals surface area contributed by atoms with Crippen LogP contribution in [-0.4, -0.2) is 57.0 Å². The van der Waals surface area contributed by atoms with E-state index in [1.54, 1.807) is 0 Å². The van der Waals surface area contributed by atoms with Crippen LogP contribution in [0.4, 0.5) is 0 Å². The van der Waals surface area contributed by atoms with E-state index in [9.17, 15) is 9.59 Å². The molecule has 4 atom stereocenters. The van der Waals surface area contributed by atoms with Crippen LogP contribution in [0.2, 0.25) is 0 Å². The second-order valence-corrected chi connectivity index (χ2v) is 8.39. The summed E-state index contributed by atoms with van der Waals surface area (Å²) in [5.41, 5.74) is 2.36. The number of nitrogens with one attached hydrogen (secondary N) is 1. The highest BCUT2D eigenvalue weighted by molar-refractivity contribution is 5.96. The third-order valence-corrected chi connectivity index (χ3v) is 6.71. The number of hydrogen-bond donors (Lipinski definition) is 1. The molecule has 1 N–H and O–H groups in total. The number of aromatic nitrogens is 2. The highest BCUT2D eigenvalue weighted by atomic mass is 16.2. The van der Waals surface area contributed by atoms with E-state index in [-0.39, 0.29) is 5.91 Å². The number of carbonyl (C=O) groups excluding carboxylic acids is 2. The third kappa shape index (κ3) is 2.74. The lowest BCUT2D eigenvalue weighted by Gasteiger charge is -2.56. The highest BCUT2D eigenvalue weighted by Crippen LogP contribution is 2.43. The van der Waals surface area contributed by atoms with Gasteiger partial charge in [0.2, 0.25) is 5.91 Å². The van der Waals surface area contributed by atoms with Crippen LogP contribution in [0.5, 0.6) is 0 Å². The molecule has 0 spiro atoms. The lowest BCUT2D eigenvalue weighted by Crippen LogP contribution is -2.65. The van der Waals surface area contributed by atoms with Crippen LogP contribution in [0.15, 0.2) is 0 Å². The number of nitrogens with zero attached hydrogens (tertiary/aromatic N) is 3. The number of aromatic amines is 1. The Labute approximate surface area is 155 Å². The first kappa shape index (κ1) is 17.6. The van der Waals surface area contributed by atoms with Gasteiger partial charge in [-0.15, -0.1) is 0 Å². The van der Waals surface area contributed by atoms with E-state index in [2.05, 4.69) is 22.0 Å². The van der Waals surface area contributed by atoms with Crippen LogP contribution < -0.4 is 0 Å². The van der Waals surface area contributed by atoms with Gasteiger partial charge in [-0.1, -0.05) is 13.3 Å². The largest absolute Gasteiger partial charge is 0.338 e. The van der Waals surface area contributed by atoms with E-state index in [1.807, 2.05) is 18.7 Å². The molecule has 3 fully saturated rings. The Bertz CT molecular complexity index is 693. The third-order valence-electron chi connectivity index (χ3n) is 6.71. The summed E-state index contributed by atoms with van der Waals surface area (Å²) in [6.07, 6.45) is 6.07. The smallest absolute Gasteiger partial charge is 0.257 e. The molecule has 2 amide bonds. The minimum atomic E-state index is 0.106. The maximum Gasteiger partial charge on any atom is 0.257 e. The maximum absolute atomic E-state index is 13.2. The number of fused-ring (bicyclic) bond motifs is 4. The number of hydrogen-bond acceptors (Lipinski definition) is 3. The molecule has 6 heteroatoms. The van der Waals surface area contributed by atoms with Crippen LogP contribution in [0.3, 0.4) is 0 Å². The van der Waals surface area contributed by atoms with E-state index in [1.165, 1.54) is 0 Å². The topological polar surface area (TPSA) is 69.3 Å². The van der Waals surface area contributed by atoms with Crippen molar-refractivity contribution in [3.05, 3.63) is 17.0 Å². The molecule has 3 aliphatic rings. The number of carbonyl (C=O) groups is 2. The zero-order valence-electron chi connectivity index (χ0n) is 16.1. The van der Waals surface area contributed by atoms with Crippen LogP contribution in [-0.2, 0) is 4.79 Å². The molecule has 0 unspecified atom stereocenters. The van der Waals surface area contributed by atoms with Crippen molar-refractivity contribution in [3.8, 4) is 0 Å². The van der Waals surface area contributed by atoms with Gasteiger partial charge in [0.15, 0.2) is 0 Å². The van der Waals surface area contributed by atoms with Crippen LogP contribution in [0.25, 0.3) is 0 Å². The normalized spacial score (nSPS) is 31.1. The monoisotopic (exact) mass is 358 g/mol. The van der Waals surface area contributed by atoms with Gasteiger partial charge in [0, 0.05) is 37.3 Å². The van der Waals surface area contributed by atoms with Gasteiger partial charge in [0.1, 0.15) is 0 Å². The summed E-state index contributed by atoms with van der Waals surface area (Å²) in [6.45, 7) is 7.54. The number of piperidine rings is 3. The summed E-state index contributed by atoms with van der Waals surface area (Å²) < 4.78 is 0. The van der Waals surface area contributed by atoms with Gasteiger partial charge in [0.05, 0.1) is 11.3 Å². The van der Waals surface area contributed by atoms with Crippen LogP contribution >= 0.6 is 0 Å². The Balaban J connectivity index is 1.62. The van der Waals surface area contributed by atoms with E-state index < -0.39 is 0 Å². The molecule has 1 aromatic rings. The summed E-state index contributed by atoms with van der Waals surface area (Å²) in [5.74, 6) is 1.27. The molecule has 4 heterocycles. The quantitative estimate of drug-likeness (QED) is 0.903. The molecule has 2 bridgehead atoms. The van der Waals surface area contributed by atoms with Crippen molar-refractivity contribution in [2.75, 3.05) is 13.1 Å². The molecule has 142 valence electrons. The zero-order chi connectivity index (χ0) is 18.4. The van der Waals surface area contributed by atoms with E-state index in [0.29, 0.717) is 36.2 Å². The predicted octanol–water partition coefficient (Wildman–Crippen LogP) is 2.67. The van der Waals surface area contributed by atoms with Gasteiger partial charge in [-0.05, 0) is 51.4 Å². The summed E-state index contributed by atoms with van der Waals surface area (Å²) in [5, 5.41) is 7.14. The van der Waals surface area contributed by atoms with Crippen LogP contribution in [0.1, 0.15) is 67.2 Å². The van der Waals surface area contributed by atoms with Crippen molar-refractivity contribution in [2.45, 2.75) is 71.4 Å². The highest BCUT2D eigenvalue weighted by Gasteiger charge is 2.49. The van der Waals surface area contributed by atoms with Crippen molar-refractivity contribution in [1.29, 1.82) is 0 Å². The summed E-state index contributed by atoms with van der Waals surface area (Å²) >= 11 is 0. The van der Waals surface area contributed by atoms with Gasteiger partial charge in [-0.3, -0.25) is 14.7 Å². The Morgan fingerprint density at radius 2 is 2.04 bits per heavy atom. The lowest BCUT2D eigenvalue weighted by molar-refractivity contribution is -0.152. The van der Waals surface area contributed by atoms with E-state index >= 15 is 0 Å². The minimum Gasteiger partial charge on any atom is -0.338 e. The molecule has 0 saturated carbocycles. The fourth-order valence-electron chi connectivity index (χ4n) is 5.63. The first-order valence-electron chi connectivity index (χ1n) is 10.1. The van der Waals surface area contributed by atoms with Crippen LogP contribution in [0, 0.1) is 25.7 Å². The molecule has 0 radical (unpaired) electrons. The van der Waals surface area contributed by atoms with Gasteiger partial charge < -0.3 is 9.80 Å². The number of H-pyrrole nitrogens is 1. The molecule has 0 aliphatic carbocycles. The lowest BCUT2D eigenvalue weighted by atomic mass is 9.71. The molecule has 1 aromatic heterocycles. The molecule has 3 aliphatic heterocycles. The summed E-state index contributed by atoms with van der Waals surface area (Å²) in [4.78, 5) is 30.2. The van der Waals surface area contributed by atoms with Crippen molar-refractivity contribution in [3.63, 3.8) is 0 Å². The van der Waals surface area contributed by atoms with Crippen molar-refractivity contribution in [1.82, 2.24) is 20.0 Å². The molecule has 26 heavy (non-hydrogen) atoms.